The standard InChI is InChI=1S/C12H27N3O2/c1-10(2)14-12(16)8-15(3)11(9-17-4)6-5-7-13/h10-11H,5-9,13H2,1-4H3,(H,14,16). The summed E-state index contributed by atoms with van der Waals surface area (Å²) >= 11 is 0. The summed E-state index contributed by atoms with van der Waals surface area (Å²) in [6.07, 6.45) is 1.90. The third-order valence-electron chi connectivity index (χ3n) is 2.57. The number of likely N-dealkylation sites (N-methyl/N-ethyl adjacent to an activating group) is 1. The van der Waals surface area contributed by atoms with E-state index in [1.807, 2.05) is 25.8 Å². The molecule has 0 saturated carbocycles. The SMILES string of the molecule is COCC(CCCN)N(C)CC(=O)NC(C)C. The van der Waals surface area contributed by atoms with Crippen molar-refractivity contribution in [3.8, 4) is 0 Å². The lowest BCUT2D eigenvalue weighted by Crippen LogP contribution is -2.44. The minimum atomic E-state index is 0.0522. The summed E-state index contributed by atoms with van der Waals surface area (Å²) in [4.78, 5) is 13.7. The molecule has 0 heterocycles. The van der Waals surface area contributed by atoms with E-state index in [9.17, 15) is 4.79 Å². The van der Waals surface area contributed by atoms with Gasteiger partial charge in [0.15, 0.2) is 0 Å². The molecule has 0 bridgehead atoms. The molecule has 17 heavy (non-hydrogen) atoms. The van der Waals surface area contributed by atoms with Crippen molar-refractivity contribution in [1.82, 2.24) is 10.2 Å². The average molecular weight is 245 g/mol. The van der Waals surface area contributed by atoms with E-state index in [0.717, 1.165) is 12.8 Å². The van der Waals surface area contributed by atoms with Gasteiger partial charge in [-0.3, -0.25) is 9.69 Å². The molecule has 0 saturated heterocycles. The van der Waals surface area contributed by atoms with Gasteiger partial charge in [-0.05, 0) is 40.3 Å². The first kappa shape index (κ1) is 16.4. The van der Waals surface area contributed by atoms with Crippen LogP contribution < -0.4 is 11.1 Å². The van der Waals surface area contributed by atoms with Crippen LogP contribution in [0.15, 0.2) is 0 Å². The molecule has 0 spiro atoms. The molecule has 1 unspecified atom stereocenters. The summed E-state index contributed by atoms with van der Waals surface area (Å²) in [5, 5.41) is 2.88. The largest absolute Gasteiger partial charge is 0.383 e. The van der Waals surface area contributed by atoms with Gasteiger partial charge in [-0.15, -0.1) is 0 Å². The number of hydrogen-bond acceptors (Lipinski definition) is 4. The molecule has 0 rings (SSSR count). The number of rotatable bonds is 9. The number of carbonyl (C=O) groups excluding carboxylic acids is 1. The van der Waals surface area contributed by atoms with E-state index in [2.05, 4.69) is 5.32 Å². The van der Waals surface area contributed by atoms with Crippen molar-refractivity contribution >= 4 is 5.91 Å². The molecule has 102 valence electrons. The number of carbonyl (C=O) groups is 1. The monoisotopic (exact) mass is 245 g/mol. The molecule has 0 aliphatic heterocycles. The molecule has 5 nitrogen and oxygen atoms in total. The first-order chi connectivity index (χ1) is 8.01. The van der Waals surface area contributed by atoms with Gasteiger partial charge in [0.1, 0.15) is 0 Å². The maximum absolute atomic E-state index is 11.6. The molecule has 0 aromatic carbocycles. The molecule has 1 atom stereocenters. The van der Waals surface area contributed by atoms with Gasteiger partial charge in [0.05, 0.1) is 13.2 Å². The third-order valence-corrected chi connectivity index (χ3v) is 2.57. The Morgan fingerprint density at radius 2 is 2.12 bits per heavy atom. The molecular weight excluding hydrogens is 218 g/mol. The fraction of sp³-hybridized carbons (Fsp3) is 0.917. The number of amides is 1. The zero-order chi connectivity index (χ0) is 13.3. The van der Waals surface area contributed by atoms with Crippen LogP contribution in [0.25, 0.3) is 0 Å². The summed E-state index contributed by atoms with van der Waals surface area (Å²) in [5.74, 6) is 0.0522. The zero-order valence-electron chi connectivity index (χ0n) is 11.5. The van der Waals surface area contributed by atoms with Gasteiger partial charge in [0.25, 0.3) is 0 Å². The molecule has 0 fully saturated rings. The van der Waals surface area contributed by atoms with Crippen LogP contribution in [0.3, 0.4) is 0 Å². The van der Waals surface area contributed by atoms with Crippen molar-refractivity contribution in [2.24, 2.45) is 5.73 Å². The molecular formula is C12H27N3O2. The topological polar surface area (TPSA) is 67.6 Å². The van der Waals surface area contributed by atoms with Gasteiger partial charge in [-0.1, -0.05) is 0 Å². The summed E-state index contributed by atoms with van der Waals surface area (Å²) in [6, 6.07) is 0.433. The van der Waals surface area contributed by atoms with Crippen molar-refractivity contribution < 1.29 is 9.53 Å². The number of nitrogens with zero attached hydrogens (tertiary/aromatic N) is 1. The van der Waals surface area contributed by atoms with Gasteiger partial charge >= 0.3 is 0 Å². The van der Waals surface area contributed by atoms with E-state index in [4.69, 9.17) is 10.5 Å². The molecule has 0 aromatic rings. The highest BCUT2D eigenvalue weighted by molar-refractivity contribution is 5.78. The highest BCUT2D eigenvalue weighted by atomic mass is 16.5. The summed E-state index contributed by atoms with van der Waals surface area (Å²) in [5.41, 5.74) is 5.50. The fourth-order valence-electron chi connectivity index (χ4n) is 1.70. The molecule has 0 aliphatic rings. The lowest BCUT2D eigenvalue weighted by Gasteiger charge is -2.27. The Kier molecular flexibility index (Phi) is 9.03. The van der Waals surface area contributed by atoms with Crippen molar-refractivity contribution in [1.29, 1.82) is 0 Å². The molecule has 0 aliphatic carbocycles. The third kappa shape index (κ3) is 8.12. The maximum Gasteiger partial charge on any atom is 0.234 e. The Morgan fingerprint density at radius 1 is 1.47 bits per heavy atom. The minimum Gasteiger partial charge on any atom is -0.383 e. The van der Waals surface area contributed by atoms with Crippen LogP contribution >= 0.6 is 0 Å². The lowest BCUT2D eigenvalue weighted by molar-refractivity contribution is -0.123. The van der Waals surface area contributed by atoms with Crippen molar-refractivity contribution in [3.05, 3.63) is 0 Å². The summed E-state index contributed by atoms with van der Waals surface area (Å²) in [7, 11) is 3.62. The molecule has 1 amide bonds. The molecule has 0 radical (unpaired) electrons. The van der Waals surface area contributed by atoms with E-state index >= 15 is 0 Å². The van der Waals surface area contributed by atoms with Crippen LogP contribution in [-0.2, 0) is 9.53 Å². The van der Waals surface area contributed by atoms with Gasteiger partial charge in [-0.2, -0.15) is 0 Å². The van der Waals surface area contributed by atoms with E-state index in [-0.39, 0.29) is 18.0 Å². The summed E-state index contributed by atoms with van der Waals surface area (Å²) < 4.78 is 5.17. The Bertz CT molecular complexity index is 210. The average Bonchev–Trinajstić information content (AvgIpc) is 2.22. The Hall–Kier alpha value is -0.650. The zero-order valence-corrected chi connectivity index (χ0v) is 11.5. The van der Waals surface area contributed by atoms with E-state index < -0.39 is 0 Å². The summed E-state index contributed by atoms with van der Waals surface area (Å²) in [6.45, 7) is 5.62. The lowest BCUT2D eigenvalue weighted by atomic mass is 10.1. The molecule has 3 N–H and O–H groups in total. The van der Waals surface area contributed by atoms with Crippen LogP contribution in [0.2, 0.25) is 0 Å². The number of hydrogen-bond donors (Lipinski definition) is 2. The Labute approximate surface area is 105 Å². The van der Waals surface area contributed by atoms with Crippen LogP contribution in [-0.4, -0.2) is 56.7 Å². The van der Waals surface area contributed by atoms with Gasteiger partial charge in [0, 0.05) is 19.2 Å². The quantitative estimate of drug-likeness (QED) is 0.609. The van der Waals surface area contributed by atoms with Gasteiger partial charge < -0.3 is 15.8 Å². The number of ether oxygens (including phenoxy) is 1. The van der Waals surface area contributed by atoms with E-state index in [1.165, 1.54) is 0 Å². The molecule has 0 aromatic heterocycles. The second-order valence-corrected chi connectivity index (χ2v) is 4.68. The number of nitrogens with one attached hydrogen (secondary N) is 1. The van der Waals surface area contributed by atoms with Crippen molar-refractivity contribution in [2.75, 3.05) is 33.9 Å². The normalized spacial score (nSPS) is 13.1. The van der Waals surface area contributed by atoms with Crippen molar-refractivity contribution in [2.45, 2.75) is 38.8 Å². The highest BCUT2D eigenvalue weighted by Crippen LogP contribution is 2.05. The molecule has 5 heteroatoms. The van der Waals surface area contributed by atoms with E-state index in [0.29, 0.717) is 19.7 Å². The second-order valence-electron chi connectivity index (χ2n) is 4.68. The van der Waals surface area contributed by atoms with Crippen LogP contribution in [0.4, 0.5) is 0 Å². The minimum absolute atomic E-state index is 0.0522. The fourth-order valence-corrected chi connectivity index (χ4v) is 1.70. The number of nitrogens with two attached hydrogens (primary N) is 1. The maximum atomic E-state index is 11.6. The smallest absolute Gasteiger partial charge is 0.234 e. The Morgan fingerprint density at radius 3 is 2.59 bits per heavy atom. The predicted octanol–water partition coefficient (Wildman–Crippen LogP) is 0.197. The van der Waals surface area contributed by atoms with Crippen LogP contribution in [0.1, 0.15) is 26.7 Å². The van der Waals surface area contributed by atoms with Crippen LogP contribution in [0, 0.1) is 0 Å². The van der Waals surface area contributed by atoms with Crippen molar-refractivity contribution in [3.63, 3.8) is 0 Å². The van der Waals surface area contributed by atoms with Crippen LogP contribution in [0.5, 0.6) is 0 Å². The first-order valence-corrected chi connectivity index (χ1v) is 6.19. The van der Waals surface area contributed by atoms with Gasteiger partial charge in [0.2, 0.25) is 5.91 Å². The van der Waals surface area contributed by atoms with E-state index in [1.54, 1.807) is 7.11 Å². The van der Waals surface area contributed by atoms with Gasteiger partial charge in [-0.25, -0.2) is 0 Å². The highest BCUT2D eigenvalue weighted by Gasteiger charge is 2.17. The predicted molar refractivity (Wildman–Crippen MR) is 69.9 cm³/mol. The Balaban J connectivity index is 4.11. The first-order valence-electron chi connectivity index (χ1n) is 6.19. The second kappa shape index (κ2) is 9.39. The number of methoxy groups -OCH3 is 1.